The Balaban J connectivity index is 1.55. The van der Waals surface area contributed by atoms with Crippen LogP contribution in [0.5, 0.6) is 0 Å². The number of carbonyl (C=O) groups excluding carboxylic acids is 1. The Kier molecular flexibility index (Phi) is 5.87. The Labute approximate surface area is 143 Å². The Bertz CT molecular complexity index is 549. The minimum atomic E-state index is -0.827. The van der Waals surface area contributed by atoms with Crippen molar-refractivity contribution in [3.8, 4) is 0 Å². The molecule has 132 valence electrons. The lowest BCUT2D eigenvalue weighted by molar-refractivity contribution is -0.124. The Morgan fingerprint density at radius 2 is 2.00 bits per heavy atom. The molecule has 0 aromatic heterocycles. The SMILES string of the molecule is NC1(C(=O)Nc2cccc(COC3CCCCC3)c2)CCOCC1. The lowest BCUT2D eigenvalue weighted by Crippen LogP contribution is -2.54. The zero-order valence-electron chi connectivity index (χ0n) is 14.3. The van der Waals surface area contributed by atoms with E-state index < -0.39 is 5.54 Å². The van der Waals surface area contributed by atoms with Crippen molar-refractivity contribution < 1.29 is 14.3 Å². The van der Waals surface area contributed by atoms with Gasteiger partial charge >= 0.3 is 0 Å². The Morgan fingerprint density at radius 1 is 1.25 bits per heavy atom. The summed E-state index contributed by atoms with van der Waals surface area (Å²) in [7, 11) is 0. The predicted molar refractivity (Wildman–Crippen MR) is 93.7 cm³/mol. The molecule has 1 amide bonds. The second kappa shape index (κ2) is 8.10. The quantitative estimate of drug-likeness (QED) is 0.869. The van der Waals surface area contributed by atoms with Crippen LogP contribution in [-0.4, -0.2) is 30.8 Å². The van der Waals surface area contributed by atoms with Crippen molar-refractivity contribution in [2.75, 3.05) is 18.5 Å². The third kappa shape index (κ3) is 4.56. The fraction of sp³-hybridized carbons (Fsp3) is 0.632. The van der Waals surface area contributed by atoms with Crippen LogP contribution in [0.25, 0.3) is 0 Å². The van der Waals surface area contributed by atoms with Crippen LogP contribution in [0.1, 0.15) is 50.5 Å². The zero-order valence-corrected chi connectivity index (χ0v) is 14.3. The molecule has 2 fully saturated rings. The van der Waals surface area contributed by atoms with Crippen LogP contribution in [0.15, 0.2) is 24.3 Å². The van der Waals surface area contributed by atoms with Gasteiger partial charge in [0.1, 0.15) is 5.54 Å². The first-order valence-corrected chi connectivity index (χ1v) is 9.04. The van der Waals surface area contributed by atoms with Gasteiger partial charge in [-0.1, -0.05) is 31.4 Å². The summed E-state index contributed by atoms with van der Waals surface area (Å²) < 4.78 is 11.3. The number of carbonyl (C=O) groups is 1. The number of nitrogens with two attached hydrogens (primary N) is 1. The van der Waals surface area contributed by atoms with Gasteiger partial charge in [-0.15, -0.1) is 0 Å². The molecule has 5 nitrogen and oxygen atoms in total. The van der Waals surface area contributed by atoms with E-state index in [0.717, 1.165) is 24.1 Å². The fourth-order valence-electron chi connectivity index (χ4n) is 3.40. The predicted octanol–water partition coefficient (Wildman–Crippen LogP) is 2.98. The zero-order chi connectivity index (χ0) is 16.8. The van der Waals surface area contributed by atoms with E-state index in [9.17, 15) is 4.79 Å². The summed E-state index contributed by atoms with van der Waals surface area (Å²) in [6, 6.07) is 7.85. The molecular weight excluding hydrogens is 304 g/mol. The van der Waals surface area contributed by atoms with Crippen LogP contribution in [0.3, 0.4) is 0 Å². The largest absolute Gasteiger partial charge is 0.381 e. The van der Waals surface area contributed by atoms with Crippen molar-refractivity contribution in [1.82, 2.24) is 0 Å². The highest BCUT2D eigenvalue weighted by atomic mass is 16.5. The van der Waals surface area contributed by atoms with E-state index in [1.807, 2.05) is 24.3 Å². The lowest BCUT2D eigenvalue weighted by Gasteiger charge is -2.31. The van der Waals surface area contributed by atoms with E-state index in [1.165, 1.54) is 19.3 Å². The van der Waals surface area contributed by atoms with Crippen molar-refractivity contribution in [3.05, 3.63) is 29.8 Å². The number of ether oxygens (including phenoxy) is 2. The van der Waals surface area contributed by atoms with E-state index in [1.54, 1.807) is 0 Å². The van der Waals surface area contributed by atoms with E-state index in [0.29, 0.717) is 38.8 Å². The number of rotatable bonds is 5. The van der Waals surface area contributed by atoms with Gasteiger partial charge in [-0.2, -0.15) is 0 Å². The molecule has 1 aromatic carbocycles. The van der Waals surface area contributed by atoms with Gasteiger partial charge in [-0.05, 0) is 43.4 Å². The maximum Gasteiger partial charge on any atom is 0.244 e. The number of anilines is 1. The van der Waals surface area contributed by atoms with Crippen molar-refractivity contribution in [3.63, 3.8) is 0 Å². The van der Waals surface area contributed by atoms with Gasteiger partial charge in [0.15, 0.2) is 0 Å². The van der Waals surface area contributed by atoms with Gasteiger partial charge in [-0.3, -0.25) is 4.79 Å². The van der Waals surface area contributed by atoms with Crippen LogP contribution >= 0.6 is 0 Å². The van der Waals surface area contributed by atoms with Crippen LogP contribution < -0.4 is 11.1 Å². The van der Waals surface area contributed by atoms with E-state index in [4.69, 9.17) is 15.2 Å². The van der Waals surface area contributed by atoms with E-state index in [2.05, 4.69) is 5.32 Å². The molecule has 1 saturated heterocycles. The first-order chi connectivity index (χ1) is 11.7. The Hall–Kier alpha value is -1.43. The molecule has 1 aromatic rings. The molecule has 5 heteroatoms. The molecule has 2 aliphatic rings. The molecular formula is C19H28N2O3. The number of nitrogens with one attached hydrogen (secondary N) is 1. The highest BCUT2D eigenvalue weighted by Gasteiger charge is 2.35. The van der Waals surface area contributed by atoms with Crippen molar-refractivity contribution >= 4 is 11.6 Å². The van der Waals surface area contributed by atoms with Crippen LogP contribution in [0.4, 0.5) is 5.69 Å². The minimum Gasteiger partial charge on any atom is -0.381 e. The summed E-state index contributed by atoms with van der Waals surface area (Å²) in [5, 5.41) is 2.96. The van der Waals surface area contributed by atoms with E-state index >= 15 is 0 Å². The molecule has 0 bridgehead atoms. The third-order valence-electron chi connectivity index (χ3n) is 5.06. The van der Waals surface area contributed by atoms with Crippen molar-refractivity contribution in [1.29, 1.82) is 0 Å². The lowest BCUT2D eigenvalue weighted by atomic mass is 9.90. The average molecular weight is 332 g/mol. The number of amides is 1. The van der Waals surface area contributed by atoms with Crippen LogP contribution in [0, 0.1) is 0 Å². The number of hydrogen-bond donors (Lipinski definition) is 2. The Morgan fingerprint density at radius 3 is 2.75 bits per heavy atom. The smallest absolute Gasteiger partial charge is 0.244 e. The monoisotopic (exact) mass is 332 g/mol. The highest BCUT2D eigenvalue weighted by molar-refractivity contribution is 5.98. The molecule has 1 aliphatic carbocycles. The summed E-state index contributed by atoms with van der Waals surface area (Å²) in [4.78, 5) is 12.5. The maximum absolute atomic E-state index is 12.5. The summed E-state index contributed by atoms with van der Waals surface area (Å²) in [6.45, 7) is 1.67. The van der Waals surface area contributed by atoms with E-state index in [-0.39, 0.29) is 5.91 Å². The molecule has 3 N–H and O–H groups in total. The van der Waals surface area contributed by atoms with Crippen LogP contribution in [-0.2, 0) is 20.9 Å². The first kappa shape index (κ1) is 17.4. The first-order valence-electron chi connectivity index (χ1n) is 9.04. The molecule has 1 heterocycles. The van der Waals surface area contributed by atoms with Gasteiger partial charge in [0.2, 0.25) is 5.91 Å². The van der Waals surface area contributed by atoms with Crippen LogP contribution in [0.2, 0.25) is 0 Å². The van der Waals surface area contributed by atoms with Crippen molar-refractivity contribution in [2.24, 2.45) is 5.73 Å². The number of benzene rings is 1. The molecule has 1 aliphatic heterocycles. The van der Waals surface area contributed by atoms with Gasteiger partial charge in [-0.25, -0.2) is 0 Å². The highest BCUT2D eigenvalue weighted by Crippen LogP contribution is 2.23. The molecule has 24 heavy (non-hydrogen) atoms. The van der Waals surface area contributed by atoms with Gasteiger partial charge in [0.05, 0.1) is 12.7 Å². The second-order valence-electron chi connectivity index (χ2n) is 6.99. The normalized spacial score (nSPS) is 21.4. The second-order valence-corrected chi connectivity index (χ2v) is 6.99. The molecule has 0 spiro atoms. The molecule has 0 unspecified atom stereocenters. The summed E-state index contributed by atoms with van der Waals surface area (Å²) >= 11 is 0. The molecule has 3 rings (SSSR count). The van der Waals surface area contributed by atoms with Crippen molar-refractivity contribution in [2.45, 2.75) is 63.2 Å². The fourth-order valence-corrected chi connectivity index (χ4v) is 3.40. The molecule has 1 saturated carbocycles. The number of hydrogen-bond acceptors (Lipinski definition) is 4. The van der Waals surface area contributed by atoms with Gasteiger partial charge in [0.25, 0.3) is 0 Å². The molecule has 0 radical (unpaired) electrons. The third-order valence-corrected chi connectivity index (χ3v) is 5.06. The van der Waals surface area contributed by atoms with Gasteiger partial charge in [0, 0.05) is 18.9 Å². The average Bonchev–Trinajstić information content (AvgIpc) is 2.62. The topological polar surface area (TPSA) is 73.6 Å². The maximum atomic E-state index is 12.5. The summed E-state index contributed by atoms with van der Waals surface area (Å²) in [5.74, 6) is -0.129. The summed E-state index contributed by atoms with van der Waals surface area (Å²) in [5.41, 5.74) is 7.26. The standard InChI is InChI=1S/C19H28N2O3/c20-19(9-11-23-12-10-19)18(22)21-16-6-4-5-15(13-16)14-24-17-7-2-1-3-8-17/h4-6,13,17H,1-3,7-12,14,20H2,(H,21,22). The van der Waals surface area contributed by atoms with Gasteiger partial charge < -0.3 is 20.5 Å². The minimum absolute atomic E-state index is 0.129. The molecule has 0 atom stereocenters. The summed E-state index contributed by atoms with van der Waals surface area (Å²) in [6.07, 6.45) is 7.68.